The van der Waals surface area contributed by atoms with Crippen molar-refractivity contribution in [3.8, 4) is 11.3 Å². The van der Waals surface area contributed by atoms with E-state index in [2.05, 4.69) is 24.0 Å². The van der Waals surface area contributed by atoms with Crippen molar-refractivity contribution in [3.63, 3.8) is 0 Å². The normalized spacial score (nSPS) is 16.6. The van der Waals surface area contributed by atoms with E-state index in [9.17, 15) is 9.59 Å². The number of fused-ring (bicyclic) bond motifs is 1. The molecule has 0 aromatic carbocycles. The Kier molecular flexibility index (Phi) is 5.60. The van der Waals surface area contributed by atoms with Crippen molar-refractivity contribution in [1.82, 2.24) is 29.4 Å². The quantitative estimate of drug-likeness (QED) is 0.588. The number of anilines is 1. The molecule has 4 rings (SSSR count). The Bertz CT molecular complexity index is 1260. The van der Waals surface area contributed by atoms with E-state index in [0.29, 0.717) is 29.7 Å². The second-order valence-electron chi connectivity index (χ2n) is 9.68. The summed E-state index contributed by atoms with van der Waals surface area (Å²) < 4.78 is 9.39. The molecule has 0 bridgehead atoms. The maximum Gasteiger partial charge on any atom is 0.264 e. The number of amides is 1. The number of methoxy groups -OCH3 is 1. The van der Waals surface area contributed by atoms with Gasteiger partial charge in [-0.1, -0.05) is 27.7 Å². The molecular weight excluding hydrogens is 422 g/mol. The van der Waals surface area contributed by atoms with E-state index in [1.54, 1.807) is 21.3 Å². The van der Waals surface area contributed by atoms with Gasteiger partial charge in [0.05, 0.1) is 30.0 Å². The molecule has 10 heteroatoms. The van der Waals surface area contributed by atoms with Crippen molar-refractivity contribution in [2.45, 2.75) is 46.3 Å². The molecule has 1 amide bonds. The summed E-state index contributed by atoms with van der Waals surface area (Å²) in [5, 5.41) is 12.1. The average molecular weight is 456 g/mol. The molecule has 10 nitrogen and oxygen atoms in total. The lowest BCUT2D eigenvalue weighted by Gasteiger charge is -2.49. The highest BCUT2D eigenvalue weighted by atomic mass is 16.5. The Morgan fingerprint density at radius 3 is 2.48 bits per heavy atom. The van der Waals surface area contributed by atoms with Gasteiger partial charge in [0.1, 0.15) is 11.0 Å². The van der Waals surface area contributed by atoms with Crippen molar-refractivity contribution < 1.29 is 9.53 Å². The van der Waals surface area contributed by atoms with Crippen LogP contribution in [0.25, 0.3) is 22.2 Å². The van der Waals surface area contributed by atoms with Crippen LogP contribution < -0.4 is 11.3 Å². The van der Waals surface area contributed by atoms with E-state index in [0.717, 1.165) is 11.3 Å². The van der Waals surface area contributed by atoms with Gasteiger partial charge >= 0.3 is 0 Å². The fraction of sp³-hybridized carbons (Fsp3) is 0.565. The second kappa shape index (κ2) is 8.02. The van der Waals surface area contributed by atoms with Crippen molar-refractivity contribution in [3.05, 3.63) is 28.3 Å². The van der Waals surface area contributed by atoms with Crippen molar-refractivity contribution >= 4 is 22.6 Å². The minimum atomic E-state index is -0.629. The first-order chi connectivity index (χ1) is 15.5. The minimum Gasteiger partial charge on any atom is -0.382 e. The third-order valence-corrected chi connectivity index (χ3v) is 6.90. The second-order valence-corrected chi connectivity index (χ2v) is 9.68. The smallest absolute Gasteiger partial charge is 0.264 e. The standard InChI is InChI=1S/C23H33N7O3/c1-12(2)14(5)30-9-15(19-18(22(30)32)20(24)26-25-19)16-8-17(28(6)27-16)23(33-7)10-29(11-23)21(31)13(3)4/h8-9,12-14H,10-11H2,1-7H3,(H3,24,25,26)/t14-/m0/s1. The van der Waals surface area contributed by atoms with Gasteiger partial charge in [-0.05, 0) is 18.9 Å². The number of aryl methyl sites for hydroxylation is 1. The first-order valence-corrected chi connectivity index (χ1v) is 11.3. The molecule has 3 aromatic rings. The molecule has 0 aliphatic carbocycles. The number of likely N-dealkylation sites (tertiary alicyclic amines) is 1. The third kappa shape index (κ3) is 3.52. The van der Waals surface area contributed by atoms with Gasteiger partial charge in [0.15, 0.2) is 5.82 Å². The van der Waals surface area contributed by atoms with Crippen LogP contribution in [0, 0.1) is 11.8 Å². The number of aromatic amines is 1. The monoisotopic (exact) mass is 455 g/mol. The van der Waals surface area contributed by atoms with Gasteiger partial charge in [-0.2, -0.15) is 10.2 Å². The Balaban J connectivity index is 1.81. The van der Waals surface area contributed by atoms with Gasteiger partial charge in [0, 0.05) is 37.9 Å². The number of hydrogen-bond donors (Lipinski definition) is 2. The van der Waals surface area contributed by atoms with Crippen molar-refractivity contribution in [1.29, 1.82) is 0 Å². The predicted molar refractivity (Wildman–Crippen MR) is 127 cm³/mol. The van der Waals surface area contributed by atoms with Crippen LogP contribution in [-0.4, -0.2) is 55.6 Å². The fourth-order valence-corrected chi connectivity index (χ4v) is 4.49. The van der Waals surface area contributed by atoms with E-state index in [1.165, 1.54) is 0 Å². The molecule has 33 heavy (non-hydrogen) atoms. The number of aromatic nitrogens is 5. The van der Waals surface area contributed by atoms with E-state index in [-0.39, 0.29) is 35.2 Å². The van der Waals surface area contributed by atoms with Crippen LogP contribution in [-0.2, 0) is 22.2 Å². The van der Waals surface area contributed by atoms with Crippen LogP contribution >= 0.6 is 0 Å². The summed E-state index contributed by atoms with van der Waals surface area (Å²) in [6.45, 7) is 10.9. The van der Waals surface area contributed by atoms with E-state index >= 15 is 0 Å². The molecule has 0 unspecified atom stereocenters. The van der Waals surface area contributed by atoms with Crippen LogP contribution in [0.5, 0.6) is 0 Å². The first kappa shape index (κ1) is 23.0. The summed E-state index contributed by atoms with van der Waals surface area (Å²) in [5.41, 5.74) is 8.09. The lowest BCUT2D eigenvalue weighted by Crippen LogP contribution is -2.63. The van der Waals surface area contributed by atoms with Gasteiger partial charge in [0.25, 0.3) is 5.56 Å². The highest BCUT2D eigenvalue weighted by molar-refractivity contribution is 5.97. The van der Waals surface area contributed by atoms with Gasteiger partial charge in [-0.25, -0.2) is 0 Å². The Hall–Kier alpha value is -3.14. The van der Waals surface area contributed by atoms with Gasteiger partial charge in [0.2, 0.25) is 5.91 Å². The number of rotatable bonds is 6. The van der Waals surface area contributed by atoms with E-state index < -0.39 is 5.60 Å². The molecule has 178 valence electrons. The number of pyridine rings is 1. The Morgan fingerprint density at radius 1 is 1.24 bits per heavy atom. The highest BCUT2D eigenvalue weighted by Gasteiger charge is 2.49. The number of hydrogen-bond acceptors (Lipinski definition) is 6. The van der Waals surface area contributed by atoms with Crippen LogP contribution in [0.1, 0.15) is 46.4 Å². The molecule has 3 N–H and O–H groups in total. The van der Waals surface area contributed by atoms with Gasteiger partial charge in [-0.3, -0.25) is 19.4 Å². The number of nitrogens with one attached hydrogen (secondary N) is 1. The third-order valence-electron chi connectivity index (χ3n) is 6.90. The Morgan fingerprint density at radius 2 is 1.91 bits per heavy atom. The highest BCUT2D eigenvalue weighted by Crippen LogP contribution is 2.38. The summed E-state index contributed by atoms with van der Waals surface area (Å²) in [6.07, 6.45) is 1.83. The van der Waals surface area contributed by atoms with Gasteiger partial charge in [-0.15, -0.1) is 0 Å². The molecule has 1 atom stereocenters. The molecule has 0 spiro atoms. The maximum atomic E-state index is 13.2. The summed E-state index contributed by atoms with van der Waals surface area (Å²) in [5.74, 6) is 0.462. The van der Waals surface area contributed by atoms with Crippen LogP contribution in [0.2, 0.25) is 0 Å². The largest absolute Gasteiger partial charge is 0.382 e. The molecular formula is C23H33N7O3. The molecule has 1 fully saturated rings. The molecule has 0 saturated carbocycles. The molecule has 4 heterocycles. The van der Waals surface area contributed by atoms with E-state index in [1.807, 2.05) is 40.1 Å². The number of nitrogens with zero attached hydrogens (tertiary/aromatic N) is 5. The van der Waals surface area contributed by atoms with Crippen molar-refractivity contribution in [2.24, 2.45) is 18.9 Å². The van der Waals surface area contributed by atoms with Crippen LogP contribution in [0.3, 0.4) is 0 Å². The molecule has 1 aliphatic heterocycles. The Labute approximate surface area is 192 Å². The molecule has 1 aliphatic rings. The lowest BCUT2D eigenvalue weighted by atomic mass is 9.88. The number of H-pyrrole nitrogens is 1. The number of carbonyl (C=O) groups is 1. The number of ether oxygens (including phenoxy) is 1. The predicted octanol–water partition coefficient (Wildman–Crippen LogP) is 2.26. The number of nitrogens with two attached hydrogens (primary N) is 1. The van der Waals surface area contributed by atoms with Crippen molar-refractivity contribution in [2.75, 3.05) is 25.9 Å². The first-order valence-electron chi connectivity index (χ1n) is 11.3. The van der Waals surface area contributed by atoms with Gasteiger partial charge < -0.3 is 19.9 Å². The van der Waals surface area contributed by atoms with Crippen LogP contribution in [0.15, 0.2) is 17.1 Å². The minimum absolute atomic E-state index is 0.0364. The zero-order valence-electron chi connectivity index (χ0n) is 20.3. The summed E-state index contributed by atoms with van der Waals surface area (Å²) in [6, 6.07) is 1.92. The SMILES string of the molecule is COC1(c2cc(-c3cn([C@@H](C)C(C)C)c(=O)c4c(N)n[nH]c34)nn2C)CN(C(=O)C(C)C)C1. The fourth-order valence-electron chi connectivity index (χ4n) is 4.49. The zero-order valence-corrected chi connectivity index (χ0v) is 20.3. The van der Waals surface area contributed by atoms with E-state index in [4.69, 9.17) is 15.6 Å². The summed E-state index contributed by atoms with van der Waals surface area (Å²) in [7, 11) is 3.51. The summed E-state index contributed by atoms with van der Waals surface area (Å²) >= 11 is 0. The lowest BCUT2D eigenvalue weighted by molar-refractivity contribution is -0.169. The summed E-state index contributed by atoms with van der Waals surface area (Å²) in [4.78, 5) is 27.4. The maximum absolute atomic E-state index is 13.2. The zero-order chi connectivity index (χ0) is 24.2. The molecule has 0 radical (unpaired) electrons. The average Bonchev–Trinajstić information content (AvgIpc) is 3.31. The molecule has 3 aromatic heterocycles. The molecule has 1 saturated heterocycles. The van der Waals surface area contributed by atoms with Crippen LogP contribution in [0.4, 0.5) is 5.82 Å². The number of carbonyl (C=O) groups excluding carboxylic acids is 1. The number of nitrogen functional groups attached to an aromatic ring is 1. The topological polar surface area (TPSA) is 124 Å².